The lowest BCUT2D eigenvalue weighted by Crippen LogP contribution is -2.06. The van der Waals surface area contributed by atoms with Crippen molar-refractivity contribution in [2.45, 2.75) is 6.54 Å². The number of rotatable bonds is 5. The Morgan fingerprint density at radius 2 is 2.00 bits per heavy atom. The van der Waals surface area contributed by atoms with Crippen molar-refractivity contribution < 1.29 is 14.2 Å². The highest BCUT2D eigenvalue weighted by Crippen LogP contribution is 2.36. The van der Waals surface area contributed by atoms with Crippen molar-refractivity contribution in [3.05, 3.63) is 54.2 Å². The van der Waals surface area contributed by atoms with Crippen molar-refractivity contribution in [3.63, 3.8) is 0 Å². The van der Waals surface area contributed by atoms with Crippen molar-refractivity contribution in [1.29, 1.82) is 0 Å². The summed E-state index contributed by atoms with van der Waals surface area (Å²) in [5.41, 5.74) is 3.11. The number of hydrogen-bond donors (Lipinski definition) is 1. The Kier molecular flexibility index (Phi) is 3.93. The number of benzene rings is 2. The highest BCUT2D eigenvalue weighted by molar-refractivity contribution is 5.66. The molecule has 1 aliphatic rings. The lowest BCUT2D eigenvalue weighted by atomic mass is 10.1. The molecule has 0 saturated carbocycles. The third-order valence-corrected chi connectivity index (χ3v) is 4.29. The number of imidazole rings is 1. The van der Waals surface area contributed by atoms with E-state index in [1.807, 2.05) is 60.3 Å². The van der Waals surface area contributed by atoms with Crippen LogP contribution in [0.2, 0.25) is 0 Å². The molecule has 128 valence electrons. The molecule has 1 aromatic heterocycles. The SMILES string of the molecule is COc1ccccc1CNc1ncc(-c2ccc3c(c2)OCO3)n1C. The molecule has 0 aliphatic carbocycles. The summed E-state index contributed by atoms with van der Waals surface area (Å²) >= 11 is 0. The van der Waals surface area contributed by atoms with Gasteiger partial charge >= 0.3 is 0 Å². The van der Waals surface area contributed by atoms with Crippen molar-refractivity contribution in [3.8, 4) is 28.5 Å². The third-order valence-electron chi connectivity index (χ3n) is 4.29. The first kappa shape index (κ1) is 15.4. The molecule has 0 spiro atoms. The molecular formula is C19H19N3O3. The molecule has 2 heterocycles. The normalized spacial score (nSPS) is 12.2. The van der Waals surface area contributed by atoms with E-state index in [4.69, 9.17) is 14.2 Å². The molecule has 0 saturated heterocycles. The number of ether oxygens (including phenoxy) is 3. The molecule has 3 aromatic rings. The maximum absolute atomic E-state index is 5.46. The third kappa shape index (κ3) is 2.87. The summed E-state index contributed by atoms with van der Waals surface area (Å²) in [6.45, 7) is 0.908. The molecule has 6 heteroatoms. The van der Waals surface area contributed by atoms with Gasteiger partial charge in [-0.2, -0.15) is 0 Å². The van der Waals surface area contributed by atoms with E-state index in [2.05, 4.69) is 10.3 Å². The summed E-state index contributed by atoms with van der Waals surface area (Å²) < 4.78 is 18.2. The fourth-order valence-electron chi connectivity index (χ4n) is 2.92. The first-order valence-corrected chi connectivity index (χ1v) is 8.04. The molecule has 0 amide bonds. The number of aromatic nitrogens is 2. The summed E-state index contributed by atoms with van der Waals surface area (Å²) in [5.74, 6) is 3.20. The summed E-state index contributed by atoms with van der Waals surface area (Å²) in [4.78, 5) is 4.50. The predicted molar refractivity (Wildman–Crippen MR) is 95.1 cm³/mol. The van der Waals surface area contributed by atoms with Crippen LogP contribution in [0, 0.1) is 0 Å². The van der Waals surface area contributed by atoms with Gasteiger partial charge < -0.3 is 24.1 Å². The van der Waals surface area contributed by atoms with Gasteiger partial charge in [-0.1, -0.05) is 18.2 Å². The smallest absolute Gasteiger partial charge is 0.231 e. The van der Waals surface area contributed by atoms with E-state index in [-0.39, 0.29) is 6.79 Å². The second-order valence-corrected chi connectivity index (χ2v) is 5.76. The fraction of sp³-hybridized carbons (Fsp3) is 0.211. The summed E-state index contributed by atoms with van der Waals surface area (Å²) in [6.07, 6.45) is 1.85. The maximum Gasteiger partial charge on any atom is 0.231 e. The average molecular weight is 337 g/mol. The van der Waals surface area contributed by atoms with Crippen LogP contribution in [0.25, 0.3) is 11.3 Å². The summed E-state index contributed by atoms with van der Waals surface area (Å²) in [6, 6.07) is 13.8. The topological polar surface area (TPSA) is 57.5 Å². The van der Waals surface area contributed by atoms with Crippen molar-refractivity contribution in [1.82, 2.24) is 9.55 Å². The second-order valence-electron chi connectivity index (χ2n) is 5.76. The minimum Gasteiger partial charge on any atom is -0.496 e. The van der Waals surface area contributed by atoms with E-state index in [0.29, 0.717) is 6.54 Å². The van der Waals surface area contributed by atoms with Gasteiger partial charge in [-0.15, -0.1) is 0 Å². The van der Waals surface area contributed by atoms with Crippen LogP contribution in [0.4, 0.5) is 5.95 Å². The van der Waals surface area contributed by atoms with E-state index < -0.39 is 0 Å². The molecule has 0 fully saturated rings. The quantitative estimate of drug-likeness (QED) is 0.773. The fourth-order valence-corrected chi connectivity index (χ4v) is 2.92. The molecule has 0 radical (unpaired) electrons. The van der Waals surface area contributed by atoms with E-state index in [1.165, 1.54) is 0 Å². The minimum absolute atomic E-state index is 0.274. The zero-order chi connectivity index (χ0) is 17.2. The van der Waals surface area contributed by atoms with Gasteiger partial charge in [-0.05, 0) is 24.3 Å². The van der Waals surface area contributed by atoms with Gasteiger partial charge in [0.25, 0.3) is 0 Å². The number of hydrogen-bond acceptors (Lipinski definition) is 5. The standard InChI is InChI=1S/C19H19N3O3/c1-22-15(13-7-8-17-18(9-13)25-12-24-17)11-21-19(22)20-10-14-5-3-4-6-16(14)23-2/h3-9,11H,10,12H2,1-2H3,(H,20,21). The van der Waals surface area contributed by atoms with E-state index in [0.717, 1.165) is 40.0 Å². The summed E-state index contributed by atoms with van der Waals surface area (Å²) in [7, 11) is 3.66. The molecule has 0 atom stereocenters. The predicted octanol–water partition coefficient (Wildman–Crippen LogP) is 3.44. The van der Waals surface area contributed by atoms with Crippen molar-refractivity contribution in [2.75, 3.05) is 19.2 Å². The van der Waals surface area contributed by atoms with Crippen LogP contribution < -0.4 is 19.5 Å². The van der Waals surface area contributed by atoms with Gasteiger partial charge in [0.1, 0.15) is 5.75 Å². The Morgan fingerprint density at radius 1 is 1.16 bits per heavy atom. The molecule has 2 aromatic carbocycles. The number of nitrogens with zero attached hydrogens (tertiary/aromatic N) is 2. The monoisotopic (exact) mass is 337 g/mol. The Bertz CT molecular complexity index is 905. The number of fused-ring (bicyclic) bond motifs is 1. The highest BCUT2D eigenvalue weighted by Gasteiger charge is 2.16. The Morgan fingerprint density at radius 3 is 2.88 bits per heavy atom. The van der Waals surface area contributed by atoms with Gasteiger partial charge in [-0.3, -0.25) is 0 Å². The first-order valence-electron chi connectivity index (χ1n) is 8.04. The number of anilines is 1. The maximum atomic E-state index is 5.46. The van der Waals surface area contributed by atoms with Crippen molar-refractivity contribution >= 4 is 5.95 Å². The minimum atomic E-state index is 0.274. The lowest BCUT2D eigenvalue weighted by molar-refractivity contribution is 0.174. The molecule has 25 heavy (non-hydrogen) atoms. The van der Waals surface area contributed by atoms with Crippen molar-refractivity contribution in [2.24, 2.45) is 7.05 Å². The summed E-state index contributed by atoms with van der Waals surface area (Å²) in [5, 5.41) is 3.36. The van der Waals surface area contributed by atoms with Gasteiger partial charge in [0, 0.05) is 24.7 Å². The van der Waals surface area contributed by atoms with Gasteiger partial charge in [0.15, 0.2) is 11.5 Å². The van der Waals surface area contributed by atoms with Crippen LogP contribution in [0.1, 0.15) is 5.56 Å². The zero-order valence-electron chi connectivity index (χ0n) is 14.2. The van der Waals surface area contributed by atoms with Crippen LogP contribution in [0.5, 0.6) is 17.2 Å². The number of methoxy groups -OCH3 is 1. The molecule has 1 N–H and O–H groups in total. The molecule has 4 rings (SSSR count). The van der Waals surface area contributed by atoms with E-state index in [1.54, 1.807) is 7.11 Å². The van der Waals surface area contributed by atoms with Crippen LogP contribution in [-0.4, -0.2) is 23.5 Å². The van der Waals surface area contributed by atoms with Crippen LogP contribution in [0.3, 0.4) is 0 Å². The molecular weight excluding hydrogens is 318 g/mol. The van der Waals surface area contributed by atoms with Gasteiger partial charge in [-0.25, -0.2) is 4.98 Å². The number of nitrogens with one attached hydrogen (secondary N) is 1. The second kappa shape index (κ2) is 6.39. The van der Waals surface area contributed by atoms with E-state index >= 15 is 0 Å². The van der Waals surface area contributed by atoms with Crippen LogP contribution >= 0.6 is 0 Å². The Labute approximate surface area is 146 Å². The average Bonchev–Trinajstić information content (AvgIpc) is 3.26. The van der Waals surface area contributed by atoms with Gasteiger partial charge in [0.2, 0.25) is 12.7 Å². The van der Waals surface area contributed by atoms with Gasteiger partial charge in [0.05, 0.1) is 19.0 Å². The van der Waals surface area contributed by atoms with Crippen LogP contribution in [0.15, 0.2) is 48.7 Å². The molecule has 0 unspecified atom stereocenters. The molecule has 6 nitrogen and oxygen atoms in total. The Hall–Kier alpha value is -3.15. The lowest BCUT2D eigenvalue weighted by Gasteiger charge is -2.11. The molecule has 0 bridgehead atoms. The zero-order valence-corrected chi connectivity index (χ0v) is 14.2. The van der Waals surface area contributed by atoms with Crippen LogP contribution in [-0.2, 0) is 13.6 Å². The van der Waals surface area contributed by atoms with E-state index in [9.17, 15) is 0 Å². The Balaban J connectivity index is 1.55. The molecule has 1 aliphatic heterocycles. The number of para-hydroxylation sites is 1. The highest BCUT2D eigenvalue weighted by atomic mass is 16.7. The largest absolute Gasteiger partial charge is 0.496 e. The first-order chi connectivity index (χ1) is 12.3.